The Kier molecular flexibility index (Phi) is 5.53. The Bertz CT molecular complexity index is 922. The van der Waals surface area contributed by atoms with Crippen LogP contribution in [0.25, 0.3) is 0 Å². The van der Waals surface area contributed by atoms with Crippen molar-refractivity contribution in [3.05, 3.63) is 58.5 Å². The maximum absolute atomic E-state index is 13.8. The Hall–Kier alpha value is -2.48. The fraction of sp³-hybridized carbons (Fsp3) is 0.478. The molecule has 2 saturated heterocycles. The van der Waals surface area contributed by atoms with Crippen molar-refractivity contribution in [2.75, 3.05) is 20.2 Å². The molecule has 7 nitrogen and oxygen atoms in total. The van der Waals surface area contributed by atoms with Gasteiger partial charge in [-0.25, -0.2) is 5.06 Å². The molecule has 1 amide bonds. The van der Waals surface area contributed by atoms with E-state index in [2.05, 4.69) is 0 Å². The van der Waals surface area contributed by atoms with Crippen LogP contribution in [-0.2, 0) is 25.9 Å². The molecule has 1 unspecified atom stereocenters. The molecule has 2 fully saturated rings. The fourth-order valence-electron chi connectivity index (χ4n) is 4.90. The van der Waals surface area contributed by atoms with Gasteiger partial charge in [-0.3, -0.25) is 14.4 Å². The van der Waals surface area contributed by atoms with Crippen LogP contribution in [-0.4, -0.2) is 47.6 Å². The Morgan fingerprint density at radius 1 is 1.13 bits per heavy atom. The van der Waals surface area contributed by atoms with E-state index in [9.17, 15) is 9.59 Å². The van der Waals surface area contributed by atoms with Crippen LogP contribution >= 0.6 is 0 Å². The standard InChI is InChI=1S/C23H28N2O5/c1-15-11-16(2)19(17(3)12-15)20-21(26)23(6-8-24(28-4)9-7-23)25(22(20)27)30-14-18-5-10-29-13-18/h5,10-13,20H,6-9,14H2,1-4H3. The molecule has 0 bridgehead atoms. The number of benzene rings is 1. The number of rotatable bonds is 5. The maximum atomic E-state index is 13.8. The van der Waals surface area contributed by atoms with Crippen LogP contribution in [0.15, 0.2) is 35.1 Å². The summed E-state index contributed by atoms with van der Waals surface area (Å²) in [5, 5.41) is 3.17. The summed E-state index contributed by atoms with van der Waals surface area (Å²) in [4.78, 5) is 38.8. The van der Waals surface area contributed by atoms with Gasteiger partial charge < -0.3 is 9.25 Å². The number of carbonyl (C=O) groups is 2. The van der Waals surface area contributed by atoms with Crippen molar-refractivity contribution in [2.45, 2.75) is 51.7 Å². The summed E-state index contributed by atoms with van der Waals surface area (Å²) in [5.41, 5.74) is 3.66. The SMILES string of the molecule is CON1CCC2(CC1)C(=O)C(c1c(C)cc(C)cc1C)C(=O)N2OCc1ccoc1. The van der Waals surface area contributed by atoms with E-state index in [1.807, 2.05) is 38.0 Å². The van der Waals surface area contributed by atoms with E-state index in [1.165, 1.54) is 5.06 Å². The number of aryl methyl sites for hydroxylation is 3. The topological polar surface area (TPSA) is 72.2 Å². The highest BCUT2D eigenvalue weighted by molar-refractivity contribution is 6.17. The molecule has 160 valence electrons. The lowest BCUT2D eigenvalue weighted by Gasteiger charge is -2.41. The molecule has 30 heavy (non-hydrogen) atoms. The lowest BCUT2D eigenvalue weighted by Crippen LogP contribution is -2.56. The minimum absolute atomic E-state index is 0.0782. The predicted molar refractivity (Wildman–Crippen MR) is 109 cm³/mol. The minimum Gasteiger partial charge on any atom is -0.472 e. The normalized spacial score (nSPS) is 21.7. The summed E-state index contributed by atoms with van der Waals surface area (Å²) in [6.45, 7) is 7.23. The largest absolute Gasteiger partial charge is 0.472 e. The molecule has 2 aliphatic heterocycles. The number of Topliss-reactive ketones (excluding diaryl/α,β-unsaturated/α-hetero) is 1. The number of hydrogen-bond acceptors (Lipinski definition) is 6. The van der Waals surface area contributed by atoms with Crippen molar-refractivity contribution in [1.82, 2.24) is 10.1 Å². The van der Waals surface area contributed by atoms with Crippen LogP contribution in [0.2, 0.25) is 0 Å². The molecule has 1 aromatic carbocycles. The third-order valence-electron chi connectivity index (χ3n) is 6.33. The van der Waals surface area contributed by atoms with E-state index < -0.39 is 11.5 Å². The van der Waals surface area contributed by atoms with E-state index >= 15 is 0 Å². The molecule has 1 aromatic heterocycles. The fourth-order valence-corrected chi connectivity index (χ4v) is 4.90. The lowest BCUT2D eigenvalue weighted by atomic mass is 9.79. The van der Waals surface area contributed by atoms with Crippen molar-refractivity contribution < 1.29 is 23.7 Å². The first-order valence-electron chi connectivity index (χ1n) is 10.3. The third kappa shape index (κ3) is 3.37. The number of nitrogens with zero attached hydrogens (tertiary/aromatic N) is 2. The number of carbonyl (C=O) groups excluding carboxylic acids is 2. The number of furan rings is 1. The first kappa shape index (κ1) is 20.8. The molecule has 0 saturated carbocycles. The van der Waals surface area contributed by atoms with Gasteiger partial charge in [0.05, 0.1) is 19.6 Å². The van der Waals surface area contributed by atoms with Gasteiger partial charge in [0.1, 0.15) is 18.1 Å². The van der Waals surface area contributed by atoms with E-state index in [0.29, 0.717) is 25.9 Å². The summed E-state index contributed by atoms with van der Waals surface area (Å²) in [6, 6.07) is 5.84. The first-order valence-corrected chi connectivity index (χ1v) is 10.3. The zero-order chi connectivity index (χ0) is 21.5. The molecule has 0 radical (unpaired) electrons. The zero-order valence-electron chi connectivity index (χ0n) is 17.9. The first-order chi connectivity index (χ1) is 14.4. The Balaban J connectivity index is 1.72. The molecule has 3 heterocycles. The van der Waals surface area contributed by atoms with Gasteiger partial charge in [-0.2, -0.15) is 5.06 Å². The second-order valence-electron chi connectivity index (χ2n) is 8.29. The molecule has 0 N–H and O–H groups in total. The monoisotopic (exact) mass is 412 g/mol. The summed E-state index contributed by atoms with van der Waals surface area (Å²) in [5.74, 6) is -1.21. The zero-order valence-corrected chi connectivity index (χ0v) is 17.9. The number of hydroxylamine groups is 4. The Morgan fingerprint density at radius 3 is 2.37 bits per heavy atom. The van der Waals surface area contributed by atoms with Crippen molar-refractivity contribution in [2.24, 2.45) is 0 Å². The minimum atomic E-state index is -0.982. The molecule has 0 aliphatic carbocycles. The summed E-state index contributed by atoms with van der Waals surface area (Å²) in [7, 11) is 1.62. The summed E-state index contributed by atoms with van der Waals surface area (Å²) in [6.07, 6.45) is 4.08. The molecular formula is C23H28N2O5. The molecule has 2 aromatic rings. The van der Waals surface area contributed by atoms with Crippen LogP contribution in [0.3, 0.4) is 0 Å². The average Bonchev–Trinajstić information content (AvgIpc) is 3.29. The van der Waals surface area contributed by atoms with Gasteiger partial charge in [-0.05, 0) is 56.4 Å². The van der Waals surface area contributed by atoms with Crippen molar-refractivity contribution >= 4 is 11.7 Å². The lowest BCUT2D eigenvalue weighted by molar-refractivity contribution is -0.234. The second kappa shape index (κ2) is 7.98. The van der Waals surface area contributed by atoms with E-state index in [4.69, 9.17) is 14.1 Å². The quantitative estimate of drug-likeness (QED) is 0.702. The maximum Gasteiger partial charge on any atom is 0.262 e. The molecular weight excluding hydrogens is 384 g/mol. The highest BCUT2D eigenvalue weighted by Gasteiger charge is 2.61. The number of amides is 1. The van der Waals surface area contributed by atoms with Gasteiger partial charge in [-0.1, -0.05) is 17.7 Å². The van der Waals surface area contributed by atoms with Crippen molar-refractivity contribution in [3.8, 4) is 0 Å². The summed E-state index contributed by atoms with van der Waals surface area (Å²) >= 11 is 0. The van der Waals surface area contributed by atoms with Gasteiger partial charge in [0.15, 0.2) is 5.78 Å². The molecule has 4 rings (SSSR count). The van der Waals surface area contributed by atoms with Crippen LogP contribution in [0.5, 0.6) is 0 Å². The smallest absolute Gasteiger partial charge is 0.262 e. The Morgan fingerprint density at radius 2 is 1.80 bits per heavy atom. The highest BCUT2D eigenvalue weighted by atomic mass is 16.7. The Labute approximate surface area is 176 Å². The van der Waals surface area contributed by atoms with Crippen LogP contribution < -0.4 is 0 Å². The van der Waals surface area contributed by atoms with Crippen LogP contribution in [0, 0.1) is 20.8 Å². The summed E-state index contributed by atoms with van der Waals surface area (Å²) < 4.78 is 5.10. The van der Waals surface area contributed by atoms with Crippen LogP contribution in [0.1, 0.15) is 46.6 Å². The van der Waals surface area contributed by atoms with E-state index in [-0.39, 0.29) is 18.3 Å². The van der Waals surface area contributed by atoms with Gasteiger partial charge in [0.25, 0.3) is 5.91 Å². The van der Waals surface area contributed by atoms with Gasteiger partial charge >= 0.3 is 0 Å². The molecule has 1 atom stereocenters. The van der Waals surface area contributed by atoms with E-state index in [1.54, 1.807) is 25.7 Å². The van der Waals surface area contributed by atoms with Crippen LogP contribution in [0.4, 0.5) is 0 Å². The molecule has 2 aliphatic rings. The van der Waals surface area contributed by atoms with Crippen molar-refractivity contribution in [3.63, 3.8) is 0 Å². The second-order valence-corrected chi connectivity index (χ2v) is 8.29. The van der Waals surface area contributed by atoms with E-state index in [0.717, 1.165) is 27.8 Å². The third-order valence-corrected chi connectivity index (χ3v) is 6.33. The molecule has 7 heteroatoms. The highest BCUT2D eigenvalue weighted by Crippen LogP contribution is 2.45. The number of piperidine rings is 1. The predicted octanol–water partition coefficient (Wildman–Crippen LogP) is 3.23. The van der Waals surface area contributed by atoms with Gasteiger partial charge in [0.2, 0.25) is 0 Å². The van der Waals surface area contributed by atoms with Gasteiger partial charge in [-0.15, -0.1) is 0 Å². The number of hydrogen-bond donors (Lipinski definition) is 0. The average molecular weight is 412 g/mol. The molecule has 1 spiro atoms. The van der Waals surface area contributed by atoms with Gasteiger partial charge in [0, 0.05) is 18.7 Å². The van der Waals surface area contributed by atoms with Crippen molar-refractivity contribution in [1.29, 1.82) is 0 Å². The number of ketones is 1.